The highest BCUT2D eigenvalue weighted by Crippen LogP contribution is 2.15. The molecule has 0 spiro atoms. The molecule has 98 valence electrons. The summed E-state index contributed by atoms with van der Waals surface area (Å²) in [7, 11) is 0. The summed E-state index contributed by atoms with van der Waals surface area (Å²) in [4.78, 5) is 24.6. The van der Waals surface area contributed by atoms with Crippen molar-refractivity contribution in [2.75, 3.05) is 26.2 Å². The molecule has 1 heterocycles. The second-order valence-corrected chi connectivity index (χ2v) is 4.48. The Balaban J connectivity index is 2.29. The molecule has 2 unspecified atom stereocenters. The molecule has 0 radical (unpaired) electrons. The Kier molecular flexibility index (Phi) is 5.37. The number of piperidine rings is 1. The van der Waals surface area contributed by atoms with Crippen LogP contribution in [0.1, 0.15) is 20.3 Å². The second-order valence-electron chi connectivity index (χ2n) is 4.48. The predicted octanol–water partition coefficient (Wildman–Crippen LogP) is -0.465. The summed E-state index contributed by atoms with van der Waals surface area (Å²) in [6, 6.07) is -0.456. The molecule has 0 aromatic rings. The number of aliphatic hydroxyl groups is 1. The molecule has 3 N–H and O–H groups in total. The summed E-state index contributed by atoms with van der Waals surface area (Å²) in [6.45, 7) is 5.81. The van der Waals surface area contributed by atoms with Crippen molar-refractivity contribution in [1.82, 2.24) is 15.5 Å². The van der Waals surface area contributed by atoms with Crippen LogP contribution in [0.25, 0.3) is 0 Å². The zero-order chi connectivity index (χ0) is 12.8. The fourth-order valence-electron chi connectivity index (χ4n) is 1.94. The van der Waals surface area contributed by atoms with E-state index in [9.17, 15) is 14.7 Å². The van der Waals surface area contributed by atoms with Crippen molar-refractivity contribution in [3.05, 3.63) is 0 Å². The third kappa shape index (κ3) is 4.70. The number of carbonyl (C=O) groups is 2. The Morgan fingerprint density at radius 1 is 1.47 bits per heavy atom. The molecule has 1 saturated heterocycles. The highest BCUT2D eigenvalue weighted by atomic mass is 16.3. The van der Waals surface area contributed by atoms with Gasteiger partial charge in [-0.3, -0.25) is 15.0 Å². The quantitative estimate of drug-likeness (QED) is 0.626. The maximum absolute atomic E-state index is 11.5. The van der Waals surface area contributed by atoms with E-state index in [1.165, 1.54) is 0 Å². The fourth-order valence-corrected chi connectivity index (χ4v) is 1.94. The van der Waals surface area contributed by atoms with Crippen LogP contribution in [0.15, 0.2) is 0 Å². The number of likely N-dealkylation sites (tertiary alicyclic amines) is 1. The topological polar surface area (TPSA) is 81.7 Å². The highest BCUT2D eigenvalue weighted by Gasteiger charge is 2.25. The van der Waals surface area contributed by atoms with Crippen molar-refractivity contribution in [3.63, 3.8) is 0 Å². The molecule has 1 rings (SSSR count). The minimum atomic E-state index is -0.456. The summed E-state index contributed by atoms with van der Waals surface area (Å²) >= 11 is 0. The molecule has 6 heteroatoms. The largest absolute Gasteiger partial charge is 0.393 e. The van der Waals surface area contributed by atoms with E-state index in [0.29, 0.717) is 26.1 Å². The van der Waals surface area contributed by atoms with E-state index >= 15 is 0 Å². The molecular weight excluding hydrogens is 222 g/mol. The first-order valence-electron chi connectivity index (χ1n) is 6.01. The van der Waals surface area contributed by atoms with Gasteiger partial charge in [0.15, 0.2) is 0 Å². The standard InChI is InChI=1S/C11H21N3O3/c1-3-12-11(17)13-10(16)7-14-5-4-9(15)8(2)6-14/h8-9,15H,3-7H2,1-2H3,(H2,12,13,16,17). The maximum Gasteiger partial charge on any atom is 0.321 e. The molecule has 6 nitrogen and oxygen atoms in total. The van der Waals surface area contributed by atoms with Crippen LogP contribution in [0.3, 0.4) is 0 Å². The van der Waals surface area contributed by atoms with E-state index in [-0.39, 0.29) is 24.5 Å². The molecule has 1 fully saturated rings. The van der Waals surface area contributed by atoms with Gasteiger partial charge < -0.3 is 10.4 Å². The van der Waals surface area contributed by atoms with Crippen LogP contribution < -0.4 is 10.6 Å². The third-order valence-corrected chi connectivity index (χ3v) is 2.90. The smallest absolute Gasteiger partial charge is 0.321 e. The Hall–Kier alpha value is -1.14. The number of amides is 3. The summed E-state index contributed by atoms with van der Waals surface area (Å²) in [5.41, 5.74) is 0. The van der Waals surface area contributed by atoms with E-state index in [2.05, 4.69) is 10.6 Å². The lowest BCUT2D eigenvalue weighted by Crippen LogP contribution is -2.48. The number of urea groups is 1. The van der Waals surface area contributed by atoms with E-state index in [1.54, 1.807) is 6.92 Å². The van der Waals surface area contributed by atoms with Gasteiger partial charge in [-0.2, -0.15) is 0 Å². The van der Waals surface area contributed by atoms with Gasteiger partial charge in [-0.15, -0.1) is 0 Å². The zero-order valence-electron chi connectivity index (χ0n) is 10.4. The first kappa shape index (κ1) is 13.9. The molecule has 2 atom stereocenters. The van der Waals surface area contributed by atoms with Gasteiger partial charge in [-0.1, -0.05) is 6.92 Å². The van der Waals surface area contributed by atoms with Gasteiger partial charge in [0.05, 0.1) is 12.6 Å². The molecule has 0 aliphatic carbocycles. The van der Waals surface area contributed by atoms with Gasteiger partial charge in [-0.25, -0.2) is 4.79 Å². The Morgan fingerprint density at radius 3 is 2.76 bits per heavy atom. The Labute approximate surface area is 101 Å². The van der Waals surface area contributed by atoms with Crippen molar-refractivity contribution in [2.24, 2.45) is 5.92 Å². The van der Waals surface area contributed by atoms with Gasteiger partial charge in [0, 0.05) is 19.6 Å². The molecule has 17 heavy (non-hydrogen) atoms. The van der Waals surface area contributed by atoms with Crippen LogP contribution in [-0.2, 0) is 4.79 Å². The fraction of sp³-hybridized carbons (Fsp3) is 0.818. The van der Waals surface area contributed by atoms with Crippen LogP contribution in [0.4, 0.5) is 4.79 Å². The van der Waals surface area contributed by atoms with E-state index in [4.69, 9.17) is 0 Å². The van der Waals surface area contributed by atoms with Crippen LogP contribution in [0.2, 0.25) is 0 Å². The SMILES string of the molecule is CCNC(=O)NC(=O)CN1CCC(O)C(C)C1. The lowest BCUT2D eigenvalue weighted by atomic mass is 9.97. The van der Waals surface area contributed by atoms with E-state index < -0.39 is 6.03 Å². The van der Waals surface area contributed by atoms with Crippen LogP contribution in [0.5, 0.6) is 0 Å². The Morgan fingerprint density at radius 2 is 2.18 bits per heavy atom. The highest BCUT2D eigenvalue weighted by molar-refractivity contribution is 5.95. The predicted molar refractivity (Wildman–Crippen MR) is 63.4 cm³/mol. The molecule has 0 aromatic carbocycles. The average molecular weight is 243 g/mol. The van der Waals surface area contributed by atoms with Crippen LogP contribution in [-0.4, -0.2) is 54.2 Å². The number of nitrogens with zero attached hydrogens (tertiary/aromatic N) is 1. The molecule has 3 amide bonds. The number of hydrogen-bond acceptors (Lipinski definition) is 4. The number of aliphatic hydroxyl groups excluding tert-OH is 1. The Bertz CT molecular complexity index is 283. The van der Waals surface area contributed by atoms with Crippen molar-refractivity contribution in [2.45, 2.75) is 26.4 Å². The third-order valence-electron chi connectivity index (χ3n) is 2.90. The molecule has 0 bridgehead atoms. The normalized spacial score (nSPS) is 25.4. The minimum Gasteiger partial charge on any atom is -0.393 e. The van der Waals surface area contributed by atoms with Crippen molar-refractivity contribution in [3.8, 4) is 0 Å². The molecule has 0 aromatic heterocycles. The monoisotopic (exact) mass is 243 g/mol. The summed E-state index contributed by atoms with van der Waals surface area (Å²) < 4.78 is 0. The van der Waals surface area contributed by atoms with Gasteiger partial charge in [0.1, 0.15) is 0 Å². The van der Waals surface area contributed by atoms with E-state index in [0.717, 1.165) is 0 Å². The van der Waals surface area contributed by atoms with Gasteiger partial charge >= 0.3 is 6.03 Å². The zero-order valence-corrected chi connectivity index (χ0v) is 10.4. The lowest BCUT2D eigenvalue weighted by Gasteiger charge is -2.33. The number of rotatable bonds is 3. The molecular formula is C11H21N3O3. The first-order valence-corrected chi connectivity index (χ1v) is 6.01. The number of carbonyl (C=O) groups excluding carboxylic acids is 2. The number of hydrogen-bond donors (Lipinski definition) is 3. The molecule has 1 aliphatic rings. The molecule has 0 saturated carbocycles. The minimum absolute atomic E-state index is 0.168. The second kappa shape index (κ2) is 6.56. The maximum atomic E-state index is 11.5. The number of imide groups is 1. The van der Waals surface area contributed by atoms with Crippen molar-refractivity contribution < 1.29 is 14.7 Å². The average Bonchev–Trinajstić information content (AvgIpc) is 2.23. The van der Waals surface area contributed by atoms with Gasteiger partial charge in [0.2, 0.25) is 5.91 Å². The van der Waals surface area contributed by atoms with Gasteiger partial charge in [0.25, 0.3) is 0 Å². The van der Waals surface area contributed by atoms with E-state index in [1.807, 2.05) is 11.8 Å². The summed E-state index contributed by atoms with van der Waals surface area (Å²) in [5.74, 6) is -0.138. The van der Waals surface area contributed by atoms with Crippen LogP contribution >= 0.6 is 0 Å². The van der Waals surface area contributed by atoms with Crippen LogP contribution in [0, 0.1) is 5.92 Å². The summed E-state index contributed by atoms with van der Waals surface area (Å²) in [6.07, 6.45) is 0.396. The summed E-state index contributed by atoms with van der Waals surface area (Å²) in [5, 5.41) is 14.3. The van der Waals surface area contributed by atoms with Crippen molar-refractivity contribution in [1.29, 1.82) is 0 Å². The molecule has 1 aliphatic heterocycles. The van der Waals surface area contributed by atoms with Crippen molar-refractivity contribution >= 4 is 11.9 Å². The lowest BCUT2D eigenvalue weighted by molar-refractivity contribution is -0.122. The van der Waals surface area contributed by atoms with Gasteiger partial charge in [-0.05, 0) is 19.3 Å². The first-order chi connectivity index (χ1) is 8.02. The number of nitrogens with one attached hydrogen (secondary N) is 2.